The minimum Gasteiger partial charge on any atom is -0.129 e. The third kappa shape index (κ3) is 4.89. The molecule has 0 aliphatic heterocycles. The molecule has 0 heterocycles. The summed E-state index contributed by atoms with van der Waals surface area (Å²) in [7, 11) is -0.902. The van der Waals surface area contributed by atoms with Crippen LogP contribution in [0.4, 0.5) is 0 Å². The van der Waals surface area contributed by atoms with Crippen LogP contribution in [0.1, 0.15) is 0 Å². The Morgan fingerprint density at radius 3 is 2.15 bits per heavy atom. The first kappa shape index (κ1) is 11.3. The fourth-order valence-electron chi connectivity index (χ4n) is 0.831. The molecule has 1 aromatic rings. The van der Waals surface area contributed by atoms with Gasteiger partial charge in [-0.2, -0.15) is 0 Å². The van der Waals surface area contributed by atoms with Crippen LogP contribution in [0.5, 0.6) is 0 Å². The molecule has 1 rings (SSSR count). The Morgan fingerprint density at radius 2 is 1.69 bits per heavy atom. The van der Waals surface area contributed by atoms with E-state index in [1.54, 1.807) is 0 Å². The summed E-state index contributed by atoms with van der Waals surface area (Å²) in [6.45, 7) is 7.20. The summed E-state index contributed by atoms with van der Waals surface area (Å²) < 4.78 is 1.16. The van der Waals surface area contributed by atoms with Crippen LogP contribution in [0.15, 0.2) is 33.6 Å². The van der Waals surface area contributed by atoms with Gasteiger partial charge in [0.25, 0.3) is 0 Å². The molecule has 0 aliphatic carbocycles. The SMILES string of the molecule is C[Si](C)(C)CSc1ccc(Br)cc1. The molecular formula is C10H15BrSSi. The predicted octanol–water partition coefficient (Wildman–Crippen LogP) is 4.42. The van der Waals surface area contributed by atoms with E-state index in [0.717, 1.165) is 4.47 Å². The largest absolute Gasteiger partial charge is 0.129 e. The van der Waals surface area contributed by atoms with Crippen LogP contribution in [-0.2, 0) is 0 Å². The molecule has 0 amide bonds. The summed E-state index contributed by atoms with van der Waals surface area (Å²) in [6, 6.07) is 8.56. The molecule has 0 saturated carbocycles. The van der Waals surface area contributed by atoms with Crippen LogP contribution in [-0.4, -0.2) is 13.5 Å². The van der Waals surface area contributed by atoms with Crippen LogP contribution in [0, 0.1) is 0 Å². The summed E-state index contributed by atoms with van der Waals surface area (Å²) in [5, 5.41) is 1.30. The van der Waals surface area contributed by atoms with Crippen LogP contribution in [0.2, 0.25) is 19.6 Å². The van der Waals surface area contributed by atoms with Crippen LogP contribution >= 0.6 is 27.7 Å². The lowest BCUT2D eigenvalue weighted by Crippen LogP contribution is -2.23. The zero-order chi connectivity index (χ0) is 9.90. The standard InChI is InChI=1S/C10H15BrSSi/c1-13(2,3)8-12-10-6-4-9(11)5-7-10/h4-7H,8H2,1-3H3. The van der Waals surface area contributed by atoms with Crippen molar-refractivity contribution in [3.8, 4) is 0 Å². The van der Waals surface area contributed by atoms with Crippen molar-refractivity contribution in [3.63, 3.8) is 0 Å². The molecule has 72 valence electrons. The second-order valence-corrected chi connectivity index (χ2v) is 12.3. The average Bonchev–Trinajstić information content (AvgIpc) is 2.02. The van der Waals surface area contributed by atoms with E-state index in [-0.39, 0.29) is 0 Å². The Bertz CT molecular complexity index is 263. The van der Waals surface area contributed by atoms with Crippen LogP contribution in [0.3, 0.4) is 0 Å². The number of hydrogen-bond donors (Lipinski definition) is 0. The number of halogens is 1. The van der Waals surface area contributed by atoms with E-state index in [4.69, 9.17) is 0 Å². The monoisotopic (exact) mass is 274 g/mol. The number of benzene rings is 1. The van der Waals surface area contributed by atoms with Gasteiger partial charge in [-0.15, -0.1) is 11.8 Å². The second-order valence-electron chi connectivity index (χ2n) is 4.30. The Hall–Kier alpha value is 0.267. The molecule has 0 unspecified atom stereocenters. The van der Waals surface area contributed by atoms with Gasteiger partial charge in [-0.3, -0.25) is 0 Å². The summed E-state index contributed by atoms with van der Waals surface area (Å²) in [4.78, 5) is 1.38. The fourth-order valence-corrected chi connectivity index (χ4v) is 3.82. The maximum atomic E-state index is 3.44. The number of hydrogen-bond acceptors (Lipinski definition) is 1. The van der Waals surface area contributed by atoms with Crippen LogP contribution in [0.25, 0.3) is 0 Å². The van der Waals surface area contributed by atoms with Gasteiger partial charge in [-0.25, -0.2) is 0 Å². The Kier molecular flexibility index (Phi) is 4.07. The number of thioether (sulfide) groups is 1. The van der Waals surface area contributed by atoms with Gasteiger partial charge in [0, 0.05) is 9.37 Å². The lowest BCUT2D eigenvalue weighted by atomic mass is 10.4. The zero-order valence-corrected chi connectivity index (χ0v) is 11.7. The summed E-state index contributed by atoms with van der Waals surface area (Å²) in [6.07, 6.45) is 0. The van der Waals surface area contributed by atoms with Crippen molar-refractivity contribution in [1.82, 2.24) is 0 Å². The Balaban J connectivity index is 2.51. The quantitative estimate of drug-likeness (QED) is 0.581. The molecule has 0 aromatic heterocycles. The maximum Gasteiger partial charge on any atom is 0.0552 e. The lowest BCUT2D eigenvalue weighted by molar-refractivity contribution is 1.44. The molecule has 0 fully saturated rings. The zero-order valence-electron chi connectivity index (χ0n) is 8.30. The smallest absolute Gasteiger partial charge is 0.0552 e. The summed E-state index contributed by atoms with van der Waals surface area (Å²) in [5.74, 6) is 0. The lowest BCUT2D eigenvalue weighted by Gasteiger charge is -2.14. The Labute approximate surface area is 94.3 Å². The van der Waals surface area contributed by atoms with Gasteiger partial charge in [0.2, 0.25) is 0 Å². The molecule has 0 atom stereocenters. The molecule has 0 radical (unpaired) electrons. The highest BCUT2D eigenvalue weighted by molar-refractivity contribution is 9.10. The highest BCUT2D eigenvalue weighted by atomic mass is 79.9. The van der Waals surface area contributed by atoms with Crippen molar-refractivity contribution in [1.29, 1.82) is 0 Å². The van der Waals surface area contributed by atoms with Gasteiger partial charge in [0.15, 0.2) is 0 Å². The van der Waals surface area contributed by atoms with Gasteiger partial charge in [0.1, 0.15) is 0 Å². The fraction of sp³-hybridized carbons (Fsp3) is 0.400. The van der Waals surface area contributed by atoms with Crippen molar-refractivity contribution in [2.45, 2.75) is 24.5 Å². The molecule has 0 N–H and O–H groups in total. The molecule has 0 saturated heterocycles. The van der Waals surface area contributed by atoms with E-state index >= 15 is 0 Å². The van der Waals surface area contributed by atoms with Crippen molar-refractivity contribution in [2.75, 3.05) is 5.38 Å². The van der Waals surface area contributed by atoms with E-state index in [9.17, 15) is 0 Å². The van der Waals surface area contributed by atoms with Gasteiger partial charge >= 0.3 is 0 Å². The average molecular weight is 275 g/mol. The number of rotatable bonds is 3. The van der Waals surface area contributed by atoms with Gasteiger partial charge < -0.3 is 0 Å². The highest BCUT2D eigenvalue weighted by Crippen LogP contribution is 2.23. The molecule has 0 spiro atoms. The molecular weight excluding hydrogens is 260 g/mol. The molecule has 0 nitrogen and oxygen atoms in total. The normalized spacial score (nSPS) is 11.7. The first-order valence-corrected chi connectivity index (χ1v) is 9.84. The first-order chi connectivity index (χ1) is 5.97. The van der Waals surface area contributed by atoms with Crippen molar-refractivity contribution in [3.05, 3.63) is 28.7 Å². The minimum absolute atomic E-state index is 0.902. The second kappa shape index (κ2) is 4.67. The third-order valence-electron chi connectivity index (χ3n) is 1.49. The topological polar surface area (TPSA) is 0 Å². The summed E-state index contributed by atoms with van der Waals surface area (Å²) in [5.41, 5.74) is 0. The van der Waals surface area contributed by atoms with Crippen molar-refractivity contribution >= 4 is 35.8 Å². The van der Waals surface area contributed by atoms with Gasteiger partial charge in [-0.1, -0.05) is 35.6 Å². The van der Waals surface area contributed by atoms with E-state index in [0.29, 0.717) is 0 Å². The van der Waals surface area contributed by atoms with E-state index in [2.05, 4.69) is 59.8 Å². The minimum atomic E-state index is -0.902. The van der Waals surface area contributed by atoms with E-state index in [1.807, 2.05) is 11.8 Å². The third-order valence-corrected chi connectivity index (χ3v) is 6.66. The van der Waals surface area contributed by atoms with Crippen molar-refractivity contribution in [2.24, 2.45) is 0 Å². The molecule has 1 aromatic carbocycles. The molecule has 3 heteroatoms. The van der Waals surface area contributed by atoms with E-state index < -0.39 is 8.07 Å². The van der Waals surface area contributed by atoms with Gasteiger partial charge in [0.05, 0.1) is 8.07 Å². The van der Waals surface area contributed by atoms with Crippen molar-refractivity contribution < 1.29 is 0 Å². The first-order valence-electron chi connectivity index (χ1n) is 4.36. The predicted molar refractivity (Wildman–Crippen MR) is 68.2 cm³/mol. The summed E-state index contributed by atoms with van der Waals surface area (Å²) >= 11 is 5.41. The molecule has 13 heavy (non-hydrogen) atoms. The Morgan fingerprint density at radius 1 is 1.15 bits per heavy atom. The highest BCUT2D eigenvalue weighted by Gasteiger charge is 2.12. The van der Waals surface area contributed by atoms with E-state index in [1.165, 1.54) is 10.3 Å². The van der Waals surface area contributed by atoms with Crippen LogP contribution < -0.4 is 0 Å². The van der Waals surface area contributed by atoms with Gasteiger partial charge in [-0.05, 0) is 29.6 Å². The molecule has 0 aliphatic rings. The molecule has 0 bridgehead atoms. The maximum absolute atomic E-state index is 3.44.